The van der Waals surface area contributed by atoms with Gasteiger partial charge in [0.2, 0.25) is 82.7 Å². The maximum absolute atomic E-state index is 15.1. The molecule has 2 aromatic carbocycles. The maximum Gasteiger partial charge on any atom is 0.490 e. The van der Waals surface area contributed by atoms with E-state index in [1.807, 2.05) is 0 Å². The zero-order valence-electron chi connectivity index (χ0n) is 71.3. The monoisotopic (exact) mass is 1790 g/mol. The molecule has 14 unspecified atom stereocenters. The normalized spacial score (nSPS) is 17.4. The lowest BCUT2D eigenvalue weighted by molar-refractivity contribution is -0.192. The number of carbonyl (C=O) groups excluding carboxylic acids is 14. The van der Waals surface area contributed by atoms with Crippen molar-refractivity contribution in [2.45, 2.75) is 261 Å². The van der Waals surface area contributed by atoms with Crippen molar-refractivity contribution in [3.63, 3.8) is 0 Å². The van der Waals surface area contributed by atoms with Crippen molar-refractivity contribution >= 4 is 113 Å². The van der Waals surface area contributed by atoms with Gasteiger partial charge in [0.15, 0.2) is 11.9 Å². The van der Waals surface area contributed by atoms with E-state index in [4.69, 9.17) is 44.3 Å². The number of phenolic OH excluding ortho intramolecular Hbond substituents is 2. The highest BCUT2D eigenvalue weighted by atomic mass is 19.4. The number of likely N-dealkylation sites (tertiary alicyclic amines) is 2. The second-order valence-electron chi connectivity index (χ2n) is 31.9. The minimum Gasteiger partial charge on any atom is -0.508 e. The van der Waals surface area contributed by atoms with Crippen LogP contribution in [0, 0.1) is 17.8 Å². The van der Waals surface area contributed by atoms with Crippen LogP contribution in [0.4, 0.5) is 13.2 Å². The number of unbranched alkanes of at least 4 members (excludes halogenated alkanes) is 1. The lowest BCUT2D eigenvalue weighted by Crippen LogP contribution is -2.61. The lowest BCUT2D eigenvalue weighted by atomic mass is 9.96. The molecule has 3 heterocycles. The van der Waals surface area contributed by atoms with Crippen LogP contribution in [-0.2, 0) is 94.3 Å². The summed E-state index contributed by atoms with van der Waals surface area (Å²) in [5.74, 6) is -19.5. The van der Waals surface area contributed by atoms with Crippen molar-refractivity contribution in [3.8, 4) is 11.5 Å². The third-order valence-corrected chi connectivity index (χ3v) is 20.7. The number of aromatic hydroxyl groups is 2. The second-order valence-corrected chi connectivity index (χ2v) is 31.9. The van der Waals surface area contributed by atoms with E-state index in [1.165, 1.54) is 53.4 Å². The van der Waals surface area contributed by atoms with Gasteiger partial charge in [0.1, 0.15) is 90.0 Å². The molecule has 43 nitrogen and oxygen atoms in total. The molecule has 0 radical (unpaired) electrons. The number of carbonyl (C=O) groups is 17. The number of carboxylic acids is 3. The number of nitrogens with one attached hydrogen (secondary N) is 11. The molecule has 126 heavy (non-hydrogen) atoms. The Kier molecular flexibility index (Phi) is 43.8. The van der Waals surface area contributed by atoms with Crippen molar-refractivity contribution in [3.05, 3.63) is 59.7 Å². The Labute approximate surface area is 725 Å². The fourth-order valence-electron chi connectivity index (χ4n) is 14.0. The van der Waals surface area contributed by atoms with Crippen LogP contribution in [0.15, 0.2) is 58.5 Å². The minimum absolute atomic E-state index is 0.00423. The van der Waals surface area contributed by atoms with E-state index in [1.54, 1.807) is 41.5 Å². The highest BCUT2D eigenvalue weighted by Gasteiger charge is 2.45. The van der Waals surface area contributed by atoms with E-state index in [0.717, 1.165) is 4.90 Å². The lowest BCUT2D eigenvalue weighted by Gasteiger charge is -2.32. The Bertz CT molecular complexity index is 4150. The predicted molar refractivity (Wildman–Crippen MR) is 447 cm³/mol. The van der Waals surface area contributed by atoms with Crippen molar-refractivity contribution < 1.29 is 120 Å². The number of hydrogen-bond acceptors (Lipinski definition) is 22. The first kappa shape index (κ1) is 106. The van der Waals surface area contributed by atoms with E-state index in [9.17, 15) is 101 Å². The van der Waals surface area contributed by atoms with Crippen molar-refractivity contribution in [1.29, 1.82) is 0 Å². The number of nitrogens with two attached hydrogens (primary N) is 6. The van der Waals surface area contributed by atoms with E-state index in [0.29, 0.717) is 24.0 Å². The zero-order chi connectivity index (χ0) is 94.4. The largest absolute Gasteiger partial charge is 0.508 e. The average molecular weight is 1790 g/mol. The van der Waals surface area contributed by atoms with Gasteiger partial charge in [-0.1, -0.05) is 72.2 Å². The molecule has 3 saturated heterocycles. The van der Waals surface area contributed by atoms with Crippen LogP contribution in [-0.4, -0.2) is 265 Å². The van der Waals surface area contributed by atoms with Gasteiger partial charge in [-0.05, 0) is 156 Å². The van der Waals surface area contributed by atoms with Crippen molar-refractivity contribution in [2.24, 2.45) is 62.1 Å². The number of phenols is 2. The fourth-order valence-corrected chi connectivity index (χ4v) is 14.0. The molecule has 14 atom stereocenters. The number of hydrogen-bond donors (Lipinski definition) is 22. The molecular formula is C80H122F3N21O22. The van der Waals surface area contributed by atoms with Crippen LogP contribution in [0.5, 0.6) is 11.5 Å². The molecule has 3 aliphatic rings. The van der Waals surface area contributed by atoms with Gasteiger partial charge >= 0.3 is 24.1 Å². The Hall–Kier alpha value is -12.7. The first-order valence-electron chi connectivity index (χ1n) is 41.6. The van der Waals surface area contributed by atoms with Crippen LogP contribution in [0.1, 0.15) is 175 Å². The first-order chi connectivity index (χ1) is 59.2. The van der Waals surface area contributed by atoms with Gasteiger partial charge in [0.05, 0.1) is 6.42 Å². The van der Waals surface area contributed by atoms with Crippen LogP contribution >= 0.6 is 0 Å². The number of aliphatic carboxylic acids is 3. The smallest absolute Gasteiger partial charge is 0.490 e. The first-order valence-corrected chi connectivity index (χ1v) is 41.6. The fraction of sp³-hybridized carbons (Fsp3) is 0.613. The zero-order valence-corrected chi connectivity index (χ0v) is 71.3. The molecule has 0 spiro atoms. The summed E-state index contributed by atoms with van der Waals surface area (Å²) in [7, 11) is 0. The summed E-state index contributed by atoms with van der Waals surface area (Å²) >= 11 is 0. The highest BCUT2D eigenvalue weighted by molar-refractivity contribution is 6.01. The number of nitrogens with zero attached hydrogens (tertiary/aromatic N) is 4. The molecule has 3 aliphatic heterocycles. The number of primary amides is 1. The molecule has 0 saturated carbocycles. The standard InChI is InChI=1S/C78H121N21O20.C2HF3O2/c1-7-43(6)63(73(115)96-57(76(118)119)37-42(4)5)97-70(112)55(39-45-21-25-47(101)26-22-45)95-72(114)59-18-13-35-99(59)75(117)52(16-11-33-86-78(83)84)90-64(106)48(15-10-32-85-77(81)82)89-71(113)58-17-12-34-98(58)74(116)51(14-8-9-31-79)91-69(111)56(40-60(80)102)94-66(108)50(28-30-62(104)105)88-68(110)54(38-44-19-23-46(100)24-20-44)93-67(109)53(36-41(2)3)92-65(107)49-27-29-61(103)87-49;3-2(4,5)1(6)7/h19-26,41-43,48-59,63,100-101H,7-18,27-40,79H2,1-6H3,(H2,80,102)(H,87,103)(H,88,110)(H,89,113)(H,90,106)(H,91,111)(H,92,107)(H,93,109)(H,94,108)(H,95,114)(H,96,115)(H,97,112)(H,104,105)(H,118,119)(H4,81,82,85)(H4,83,84,86);(H,6,7). The third-order valence-electron chi connectivity index (χ3n) is 20.7. The predicted octanol–water partition coefficient (Wildman–Crippen LogP) is -3.18. The summed E-state index contributed by atoms with van der Waals surface area (Å²) in [6.07, 6.45) is -6.54. The maximum atomic E-state index is 15.1. The molecule has 5 rings (SSSR count). The molecule has 3 fully saturated rings. The number of rotatable bonds is 50. The highest BCUT2D eigenvalue weighted by Crippen LogP contribution is 2.25. The summed E-state index contributed by atoms with van der Waals surface area (Å²) in [6.45, 7) is 10.5. The van der Waals surface area contributed by atoms with E-state index in [2.05, 4.69) is 68.5 Å². The summed E-state index contributed by atoms with van der Waals surface area (Å²) in [4.78, 5) is 243. The molecule has 700 valence electrons. The second kappa shape index (κ2) is 52.2. The molecule has 0 bridgehead atoms. The van der Waals surface area contributed by atoms with Gasteiger partial charge in [0, 0.05) is 51.9 Å². The third kappa shape index (κ3) is 36.6. The number of alkyl halides is 3. The molecular weight excluding hydrogens is 1660 g/mol. The SMILES string of the molecule is CCC(C)C(NC(=O)C(Cc1ccc(O)cc1)NC(=O)C1CCCN1C(=O)C(CCCN=C(N)N)NC(=O)C(CCCN=C(N)N)NC(=O)C1CCCN1C(=O)C(CCCCN)NC(=O)C(CC(N)=O)NC(=O)C(CCC(=O)O)NC(=O)C(Cc1ccc(O)cc1)NC(=O)C(CC(C)C)NC(=O)C1CCC(=O)N1)C(=O)NC(CC(C)C)C(=O)O.O=C(O)C(F)(F)F. The summed E-state index contributed by atoms with van der Waals surface area (Å²) < 4.78 is 31.7. The van der Waals surface area contributed by atoms with Crippen LogP contribution in [0.25, 0.3) is 0 Å². The molecule has 46 heteroatoms. The van der Waals surface area contributed by atoms with E-state index in [-0.39, 0.29) is 177 Å². The number of amides is 14. The Morgan fingerprint density at radius 3 is 1.31 bits per heavy atom. The summed E-state index contributed by atoms with van der Waals surface area (Å²) in [6, 6.07) is -7.40. The number of guanidine groups is 2. The van der Waals surface area contributed by atoms with Gasteiger partial charge in [-0.2, -0.15) is 13.2 Å². The van der Waals surface area contributed by atoms with Crippen LogP contribution in [0.3, 0.4) is 0 Å². The average Bonchev–Trinajstić information content (AvgIpc) is 1.65. The number of halogens is 3. The van der Waals surface area contributed by atoms with Crippen LogP contribution in [0.2, 0.25) is 0 Å². The van der Waals surface area contributed by atoms with E-state index >= 15 is 9.59 Å². The minimum atomic E-state index is -5.08. The Morgan fingerprint density at radius 1 is 0.492 bits per heavy atom. The summed E-state index contributed by atoms with van der Waals surface area (Å²) in [5.41, 5.74) is 34.9. The molecule has 0 aliphatic carbocycles. The van der Waals surface area contributed by atoms with Gasteiger partial charge in [-0.25, -0.2) is 9.59 Å². The number of benzene rings is 2. The topological polar surface area (TPSA) is 711 Å². The van der Waals surface area contributed by atoms with Crippen LogP contribution < -0.4 is 92.9 Å². The molecule has 2 aromatic rings. The van der Waals surface area contributed by atoms with E-state index < -0.39 is 205 Å². The van der Waals surface area contributed by atoms with Crippen molar-refractivity contribution in [1.82, 2.24) is 68.3 Å². The van der Waals surface area contributed by atoms with Crippen molar-refractivity contribution in [2.75, 3.05) is 32.7 Å². The quantitative estimate of drug-likeness (QED) is 0.0176. The van der Waals surface area contributed by atoms with Gasteiger partial charge < -0.3 is 128 Å². The Balaban J connectivity index is 0.00000455. The summed E-state index contributed by atoms with van der Waals surface area (Å²) in [5, 5.41) is 75.8. The molecule has 0 aromatic heterocycles. The van der Waals surface area contributed by atoms with Gasteiger partial charge in [0.25, 0.3) is 0 Å². The molecule has 28 N–H and O–H groups in total. The number of carboxylic acid groups (broad SMARTS) is 3. The van der Waals surface area contributed by atoms with Gasteiger partial charge in [-0.15, -0.1) is 0 Å². The molecule has 14 amide bonds. The number of aliphatic imine (C=N–C) groups is 2. The Morgan fingerprint density at radius 2 is 0.881 bits per heavy atom. The van der Waals surface area contributed by atoms with Gasteiger partial charge in [-0.3, -0.25) is 81.9 Å².